The Labute approximate surface area is 127 Å². The Morgan fingerprint density at radius 2 is 1.86 bits per heavy atom. The topological polar surface area (TPSA) is 46.5 Å². The van der Waals surface area contributed by atoms with Gasteiger partial charge in [-0.15, -0.1) is 0 Å². The van der Waals surface area contributed by atoms with Crippen LogP contribution in [0.4, 0.5) is 0 Å². The smallest absolute Gasteiger partial charge is 0.169 e. The van der Waals surface area contributed by atoms with Crippen LogP contribution in [0.25, 0.3) is 0 Å². The minimum Gasteiger partial charge on any atom is -0.385 e. The number of aliphatic hydroxyl groups excluding tert-OH is 1. The number of carbonyl (C=O) groups excluding carboxylic acids is 1. The first-order valence-corrected chi connectivity index (χ1v) is 7.61. The number of hydrogen-bond donors (Lipinski definition) is 1. The zero-order valence-electron chi connectivity index (χ0n) is 13.4. The molecule has 0 radical (unpaired) electrons. The van der Waals surface area contributed by atoms with Gasteiger partial charge >= 0.3 is 0 Å². The lowest BCUT2D eigenvalue weighted by Gasteiger charge is -2.49. The van der Waals surface area contributed by atoms with E-state index in [1.165, 1.54) is 0 Å². The van der Waals surface area contributed by atoms with Crippen LogP contribution in [0.5, 0.6) is 0 Å². The maximum absolute atomic E-state index is 12.5. The van der Waals surface area contributed by atoms with Gasteiger partial charge in [0, 0.05) is 0 Å². The van der Waals surface area contributed by atoms with Crippen molar-refractivity contribution >= 4 is 5.78 Å². The van der Waals surface area contributed by atoms with Crippen molar-refractivity contribution in [3.8, 4) is 0 Å². The third-order valence-electron chi connectivity index (χ3n) is 5.23. The summed E-state index contributed by atoms with van der Waals surface area (Å²) in [5.74, 6) is 0.0825. The maximum atomic E-state index is 12.5. The van der Waals surface area contributed by atoms with Crippen molar-refractivity contribution < 1.29 is 14.6 Å². The Kier molecular flexibility index (Phi) is 4.54. The molecule has 0 heterocycles. The van der Waals surface area contributed by atoms with E-state index >= 15 is 0 Å². The van der Waals surface area contributed by atoms with Crippen LogP contribution in [0.1, 0.15) is 39.7 Å². The summed E-state index contributed by atoms with van der Waals surface area (Å²) in [7, 11) is 0. The summed E-state index contributed by atoms with van der Waals surface area (Å²) in [4.78, 5) is 12.5. The zero-order chi connectivity index (χ0) is 15.7. The Balaban J connectivity index is 2.06. The van der Waals surface area contributed by atoms with Gasteiger partial charge in [-0.3, -0.25) is 4.79 Å². The van der Waals surface area contributed by atoms with E-state index in [1.54, 1.807) is 0 Å². The van der Waals surface area contributed by atoms with E-state index in [2.05, 4.69) is 20.8 Å². The van der Waals surface area contributed by atoms with E-state index in [-0.39, 0.29) is 17.1 Å². The van der Waals surface area contributed by atoms with Crippen molar-refractivity contribution in [2.24, 2.45) is 16.7 Å². The van der Waals surface area contributed by atoms with Crippen molar-refractivity contribution in [2.45, 2.75) is 46.8 Å². The normalized spacial score (nSPS) is 32.1. The number of benzene rings is 1. The first-order chi connectivity index (χ1) is 9.77. The highest BCUT2D eigenvalue weighted by atomic mass is 16.5. The molecular formula is C18H26O3. The third-order valence-corrected chi connectivity index (χ3v) is 5.23. The van der Waals surface area contributed by atoms with Crippen LogP contribution in [0.3, 0.4) is 0 Å². The second-order valence-corrected chi connectivity index (χ2v) is 7.19. The molecule has 1 aliphatic rings. The summed E-state index contributed by atoms with van der Waals surface area (Å²) >= 11 is 0. The standard InChI is InChI=1S/C18H26O3/c1-13-17(2,3)10-15(19)16(20)18(13,4)12-21-11-14-8-6-5-7-9-14/h5-9,13,15,19H,10-12H2,1-4H3/t13-,15-,18+/m1/s1. The largest absolute Gasteiger partial charge is 0.385 e. The molecule has 0 amide bonds. The predicted octanol–water partition coefficient (Wildman–Crippen LogP) is 3.21. The highest BCUT2D eigenvalue weighted by Crippen LogP contribution is 2.49. The average Bonchev–Trinajstić information content (AvgIpc) is 2.44. The van der Waals surface area contributed by atoms with E-state index < -0.39 is 11.5 Å². The Hall–Kier alpha value is -1.19. The maximum Gasteiger partial charge on any atom is 0.169 e. The lowest BCUT2D eigenvalue weighted by atomic mass is 9.56. The van der Waals surface area contributed by atoms with Crippen LogP contribution < -0.4 is 0 Å². The predicted molar refractivity (Wildman–Crippen MR) is 82.8 cm³/mol. The molecule has 3 heteroatoms. The minimum atomic E-state index is -0.874. The Morgan fingerprint density at radius 1 is 1.24 bits per heavy atom. The summed E-state index contributed by atoms with van der Waals surface area (Å²) < 4.78 is 5.81. The van der Waals surface area contributed by atoms with E-state index in [0.717, 1.165) is 5.56 Å². The molecule has 1 N–H and O–H groups in total. The Morgan fingerprint density at radius 3 is 2.48 bits per heavy atom. The van der Waals surface area contributed by atoms with Crippen LogP contribution in [0, 0.1) is 16.7 Å². The van der Waals surface area contributed by atoms with E-state index in [1.807, 2.05) is 37.3 Å². The number of aliphatic hydroxyl groups is 1. The fraction of sp³-hybridized carbons (Fsp3) is 0.611. The molecule has 0 aromatic heterocycles. The van der Waals surface area contributed by atoms with Crippen molar-refractivity contribution in [3.63, 3.8) is 0 Å². The monoisotopic (exact) mass is 290 g/mol. The second-order valence-electron chi connectivity index (χ2n) is 7.19. The minimum absolute atomic E-state index is 0.0712. The first kappa shape index (κ1) is 16.2. The summed E-state index contributed by atoms with van der Waals surface area (Å²) in [5, 5.41) is 10.1. The zero-order valence-corrected chi connectivity index (χ0v) is 13.4. The molecule has 1 fully saturated rings. The SMILES string of the molecule is C[C@@H]1C(C)(C)C[C@@H](O)C(=O)[C@@]1(C)COCc1ccccc1. The molecule has 1 aromatic carbocycles. The number of hydrogen-bond acceptors (Lipinski definition) is 3. The van der Waals surface area contributed by atoms with Crippen molar-refractivity contribution in [2.75, 3.05) is 6.61 Å². The van der Waals surface area contributed by atoms with E-state index in [4.69, 9.17) is 4.74 Å². The Bertz CT molecular complexity index is 494. The molecule has 3 atom stereocenters. The molecule has 21 heavy (non-hydrogen) atoms. The van der Waals surface area contributed by atoms with Gasteiger partial charge in [0.2, 0.25) is 0 Å². The quantitative estimate of drug-likeness (QED) is 0.926. The fourth-order valence-corrected chi connectivity index (χ4v) is 3.38. The molecule has 1 aromatic rings. The van der Waals surface area contributed by atoms with Gasteiger partial charge in [-0.05, 0) is 23.3 Å². The lowest BCUT2D eigenvalue weighted by Crippen LogP contribution is -2.55. The summed E-state index contributed by atoms with van der Waals surface area (Å²) in [5.41, 5.74) is 0.394. The number of Topliss-reactive ketones (excluding diaryl/α,β-unsaturated/α-hetero) is 1. The fourth-order valence-electron chi connectivity index (χ4n) is 3.38. The molecule has 0 saturated heterocycles. The number of ketones is 1. The lowest BCUT2D eigenvalue weighted by molar-refractivity contribution is -0.160. The van der Waals surface area contributed by atoms with Crippen LogP contribution in [-0.4, -0.2) is 23.6 Å². The number of carbonyl (C=O) groups is 1. The number of ether oxygens (including phenoxy) is 1. The average molecular weight is 290 g/mol. The highest BCUT2D eigenvalue weighted by Gasteiger charge is 2.53. The molecule has 0 aliphatic heterocycles. The summed E-state index contributed by atoms with van der Waals surface area (Å²) in [6.45, 7) is 9.09. The summed E-state index contributed by atoms with van der Waals surface area (Å²) in [6, 6.07) is 9.93. The molecule has 0 bridgehead atoms. The van der Waals surface area contributed by atoms with Crippen molar-refractivity contribution in [1.29, 1.82) is 0 Å². The van der Waals surface area contributed by atoms with Gasteiger partial charge < -0.3 is 9.84 Å². The van der Waals surface area contributed by atoms with Crippen LogP contribution in [0.2, 0.25) is 0 Å². The van der Waals surface area contributed by atoms with Crippen molar-refractivity contribution in [1.82, 2.24) is 0 Å². The van der Waals surface area contributed by atoms with Crippen LogP contribution in [-0.2, 0) is 16.1 Å². The molecule has 0 unspecified atom stereocenters. The molecule has 1 saturated carbocycles. The van der Waals surface area contributed by atoms with Gasteiger partial charge in [-0.1, -0.05) is 58.0 Å². The van der Waals surface area contributed by atoms with Crippen LogP contribution in [0.15, 0.2) is 30.3 Å². The molecule has 0 spiro atoms. The molecule has 2 rings (SSSR count). The van der Waals surface area contributed by atoms with Crippen LogP contribution >= 0.6 is 0 Å². The summed E-state index contributed by atoms with van der Waals surface area (Å²) in [6.07, 6.45) is -0.345. The van der Waals surface area contributed by atoms with E-state index in [0.29, 0.717) is 19.6 Å². The molecule has 1 aliphatic carbocycles. The highest BCUT2D eigenvalue weighted by molar-refractivity contribution is 5.89. The molecular weight excluding hydrogens is 264 g/mol. The van der Waals surface area contributed by atoms with Gasteiger partial charge in [-0.25, -0.2) is 0 Å². The van der Waals surface area contributed by atoms with Gasteiger partial charge in [0.1, 0.15) is 6.10 Å². The van der Waals surface area contributed by atoms with Gasteiger partial charge in [-0.2, -0.15) is 0 Å². The molecule has 116 valence electrons. The van der Waals surface area contributed by atoms with Crippen molar-refractivity contribution in [3.05, 3.63) is 35.9 Å². The second kappa shape index (κ2) is 5.90. The van der Waals surface area contributed by atoms with E-state index in [9.17, 15) is 9.90 Å². The first-order valence-electron chi connectivity index (χ1n) is 7.61. The third kappa shape index (κ3) is 3.19. The molecule has 3 nitrogen and oxygen atoms in total. The van der Waals surface area contributed by atoms with Gasteiger partial charge in [0.05, 0.1) is 18.6 Å². The van der Waals surface area contributed by atoms with Gasteiger partial charge in [0.25, 0.3) is 0 Å². The van der Waals surface area contributed by atoms with Gasteiger partial charge in [0.15, 0.2) is 5.78 Å². The number of rotatable bonds is 4.